The molecule has 3 rings (SSSR count). The molecule has 0 amide bonds. The van der Waals surface area contributed by atoms with Gasteiger partial charge in [-0.25, -0.2) is 0 Å². The van der Waals surface area contributed by atoms with Crippen LogP contribution in [0.3, 0.4) is 0 Å². The normalized spacial score (nSPS) is 14.4. The number of hydrogen-bond acceptors (Lipinski definition) is 3. The van der Waals surface area contributed by atoms with E-state index in [-0.39, 0.29) is 0 Å². The monoisotopic (exact) mass is 351 g/mol. The molecule has 106 valence electrons. The second-order valence-corrected chi connectivity index (χ2v) is 6.78. The molecule has 2 nitrogen and oxygen atoms in total. The summed E-state index contributed by atoms with van der Waals surface area (Å²) in [6, 6.07) is 9.24. The predicted octanol–water partition coefficient (Wildman–Crippen LogP) is 4.38. The maximum absolute atomic E-state index is 5.84. The molecule has 1 N–H and O–H groups in total. The van der Waals surface area contributed by atoms with Gasteiger partial charge in [-0.2, -0.15) is 11.3 Å². The molecule has 1 fully saturated rings. The molecule has 0 aliphatic heterocycles. The highest BCUT2D eigenvalue weighted by Crippen LogP contribution is 2.27. The van der Waals surface area contributed by atoms with Crippen LogP contribution in [-0.4, -0.2) is 12.6 Å². The van der Waals surface area contributed by atoms with Gasteiger partial charge in [0.05, 0.1) is 11.1 Å². The summed E-state index contributed by atoms with van der Waals surface area (Å²) in [6.45, 7) is 1.66. The van der Waals surface area contributed by atoms with Gasteiger partial charge in [-0.05, 0) is 68.9 Å². The van der Waals surface area contributed by atoms with Crippen molar-refractivity contribution in [2.75, 3.05) is 6.61 Å². The van der Waals surface area contributed by atoms with Gasteiger partial charge in [0.1, 0.15) is 5.75 Å². The van der Waals surface area contributed by atoms with Crippen LogP contribution in [-0.2, 0) is 13.0 Å². The van der Waals surface area contributed by atoms with Gasteiger partial charge in [0.15, 0.2) is 0 Å². The van der Waals surface area contributed by atoms with E-state index in [1.54, 1.807) is 11.3 Å². The van der Waals surface area contributed by atoms with Crippen LogP contribution in [0.1, 0.15) is 24.0 Å². The van der Waals surface area contributed by atoms with Crippen molar-refractivity contribution in [3.05, 3.63) is 50.6 Å². The topological polar surface area (TPSA) is 21.3 Å². The Hall–Kier alpha value is -0.840. The second-order valence-electron chi connectivity index (χ2n) is 5.15. The van der Waals surface area contributed by atoms with Crippen LogP contribution in [0.5, 0.6) is 5.75 Å². The van der Waals surface area contributed by atoms with Gasteiger partial charge in [-0.1, -0.05) is 6.07 Å². The third-order valence-electron chi connectivity index (χ3n) is 3.40. The minimum absolute atomic E-state index is 0.717. The van der Waals surface area contributed by atoms with E-state index in [1.165, 1.54) is 24.0 Å². The molecular weight excluding hydrogens is 334 g/mol. The van der Waals surface area contributed by atoms with Crippen molar-refractivity contribution in [1.29, 1.82) is 0 Å². The SMILES string of the molecule is Brc1cc(CNC2CC2)ccc1OCCc1ccsc1. The lowest BCUT2D eigenvalue weighted by Gasteiger charge is -2.10. The Morgan fingerprint density at radius 3 is 2.85 bits per heavy atom. The average Bonchev–Trinajstić information content (AvgIpc) is 3.14. The molecule has 1 heterocycles. The third kappa shape index (κ3) is 4.08. The first-order valence-corrected chi connectivity index (χ1v) is 8.70. The number of rotatable bonds is 7. The van der Waals surface area contributed by atoms with Crippen LogP contribution in [0.2, 0.25) is 0 Å². The van der Waals surface area contributed by atoms with E-state index in [1.807, 2.05) is 0 Å². The lowest BCUT2D eigenvalue weighted by atomic mass is 10.2. The molecule has 1 saturated carbocycles. The Morgan fingerprint density at radius 2 is 2.15 bits per heavy atom. The molecule has 0 spiro atoms. The zero-order valence-corrected chi connectivity index (χ0v) is 13.7. The van der Waals surface area contributed by atoms with Gasteiger partial charge in [-0.15, -0.1) is 0 Å². The molecule has 1 aromatic carbocycles. The van der Waals surface area contributed by atoms with Crippen LogP contribution in [0.15, 0.2) is 39.5 Å². The standard InChI is InChI=1S/C16H18BrNOS/c17-15-9-13(10-18-14-2-3-14)1-4-16(15)19-7-5-12-6-8-20-11-12/h1,4,6,8-9,11,14,18H,2-3,5,7,10H2. The van der Waals surface area contributed by atoms with Gasteiger partial charge in [-0.3, -0.25) is 0 Å². The first-order valence-electron chi connectivity index (χ1n) is 6.97. The predicted molar refractivity (Wildman–Crippen MR) is 87.5 cm³/mol. The van der Waals surface area contributed by atoms with Crippen LogP contribution in [0.25, 0.3) is 0 Å². The first-order chi connectivity index (χ1) is 9.81. The molecule has 0 unspecified atom stereocenters. The van der Waals surface area contributed by atoms with Gasteiger partial charge >= 0.3 is 0 Å². The van der Waals surface area contributed by atoms with Crippen molar-refractivity contribution in [2.24, 2.45) is 0 Å². The van der Waals surface area contributed by atoms with Crippen LogP contribution >= 0.6 is 27.3 Å². The summed E-state index contributed by atoms with van der Waals surface area (Å²) in [6.07, 6.45) is 3.61. The van der Waals surface area contributed by atoms with E-state index in [4.69, 9.17) is 4.74 Å². The molecule has 0 radical (unpaired) electrons. The minimum atomic E-state index is 0.717. The highest BCUT2D eigenvalue weighted by Gasteiger charge is 2.19. The Bertz CT molecular complexity index is 552. The van der Waals surface area contributed by atoms with E-state index in [0.29, 0.717) is 0 Å². The van der Waals surface area contributed by atoms with E-state index < -0.39 is 0 Å². The van der Waals surface area contributed by atoms with E-state index in [0.717, 1.165) is 35.8 Å². The molecule has 1 aromatic heterocycles. The lowest BCUT2D eigenvalue weighted by Crippen LogP contribution is -2.15. The summed E-state index contributed by atoms with van der Waals surface area (Å²) in [5, 5.41) is 7.80. The average molecular weight is 352 g/mol. The summed E-state index contributed by atoms with van der Waals surface area (Å²) in [5.41, 5.74) is 2.64. The quantitative estimate of drug-likeness (QED) is 0.798. The molecule has 0 atom stereocenters. The van der Waals surface area contributed by atoms with E-state index >= 15 is 0 Å². The highest BCUT2D eigenvalue weighted by atomic mass is 79.9. The number of benzene rings is 1. The Labute approximate surface area is 132 Å². The van der Waals surface area contributed by atoms with Crippen molar-refractivity contribution in [2.45, 2.75) is 31.8 Å². The van der Waals surface area contributed by atoms with Crippen LogP contribution in [0.4, 0.5) is 0 Å². The zero-order chi connectivity index (χ0) is 13.8. The summed E-state index contributed by atoms with van der Waals surface area (Å²) in [5.74, 6) is 0.926. The van der Waals surface area contributed by atoms with Gasteiger partial charge in [0.25, 0.3) is 0 Å². The fourth-order valence-corrected chi connectivity index (χ4v) is 3.28. The van der Waals surface area contributed by atoms with Gasteiger partial charge in [0, 0.05) is 19.0 Å². The van der Waals surface area contributed by atoms with Crippen LogP contribution in [0, 0.1) is 0 Å². The third-order valence-corrected chi connectivity index (χ3v) is 4.75. The smallest absolute Gasteiger partial charge is 0.133 e. The summed E-state index contributed by atoms with van der Waals surface area (Å²) < 4.78 is 6.88. The number of thiophene rings is 1. The number of halogens is 1. The van der Waals surface area contributed by atoms with E-state index in [2.05, 4.69) is 56.3 Å². The summed E-state index contributed by atoms with van der Waals surface area (Å²) >= 11 is 5.33. The largest absolute Gasteiger partial charge is 0.492 e. The maximum Gasteiger partial charge on any atom is 0.133 e. The number of hydrogen-bond donors (Lipinski definition) is 1. The minimum Gasteiger partial charge on any atom is -0.492 e. The van der Waals surface area contributed by atoms with E-state index in [9.17, 15) is 0 Å². The van der Waals surface area contributed by atoms with Gasteiger partial charge in [0.2, 0.25) is 0 Å². The highest BCUT2D eigenvalue weighted by molar-refractivity contribution is 9.10. The van der Waals surface area contributed by atoms with Gasteiger partial charge < -0.3 is 10.1 Å². The van der Waals surface area contributed by atoms with Crippen LogP contribution < -0.4 is 10.1 Å². The number of nitrogens with one attached hydrogen (secondary N) is 1. The van der Waals surface area contributed by atoms with Crippen molar-refractivity contribution >= 4 is 27.3 Å². The molecule has 20 heavy (non-hydrogen) atoms. The number of ether oxygens (including phenoxy) is 1. The second kappa shape index (κ2) is 6.74. The summed E-state index contributed by atoms with van der Waals surface area (Å²) in [4.78, 5) is 0. The van der Waals surface area contributed by atoms with Crippen molar-refractivity contribution in [1.82, 2.24) is 5.32 Å². The molecule has 4 heteroatoms. The lowest BCUT2D eigenvalue weighted by molar-refractivity contribution is 0.320. The molecule has 0 saturated heterocycles. The molecule has 2 aromatic rings. The first kappa shape index (κ1) is 14.1. The molecular formula is C16H18BrNOS. The Balaban J connectivity index is 1.50. The van der Waals surface area contributed by atoms with Crippen molar-refractivity contribution < 1.29 is 4.74 Å². The Kier molecular flexibility index (Phi) is 4.76. The van der Waals surface area contributed by atoms with Crippen molar-refractivity contribution in [3.63, 3.8) is 0 Å². The maximum atomic E-state index is 5.84. The fraction of sp³-hybridized carbons (Fsp3) is 0.375. The zero-order valence-electron chi connectivity index (χ0n) is 11.3. The molecule has 0 bridgehead atoms. The molecule has 1 aliphatic rings. The molecule has 1 aliphatic carbocycles. The summed E-state index contributed by atoms with van der Waals surface area (Å²) in [7, 11) is 0. The van der Waals surface area contributed by atoms with Crippen molar-refractivity contribution in [3.8, 4) is 5.75 Å². The Morgan fingerprint density at radius 1 is 1.25 bits per heavy atom. The fourth-order valence-electron chi connectivity index (χ4n) is 2.03.